The van der Waals surface area contributed by atoms with Crippen LogP contribution in [-0.4, -0.2) is 7.05 Å². The van der Waals surface area contributed by atoms with Gasteiger partial charge >= 0.3 is 0 Å². The second-order valence-electron chi connectivity index (χ2n) is 4.66. The van der Waals surface area contributed by atoms with E-state index in [-0.39, 0.29) is 0 Å². The molecule has 1 aromatic carbocycles. The summed E-state index contributed by atoms with van der Waals surface area (Å²) in [4.78, 5) is 0. The van der Waals surface area contributed by atoms with E-state index in [1.165, 1.54) is 49.8 Å². The van der Waals surface area contributed by atoms with E-state index in [2.05, 4.69) is 29.6 Å². The van der Waals surface area contributed by atoms with Gasteiger partial charge in [-0.25, -0.2) is 0 Å². The molecule has 1 fully saturated rings. The lowest BCUT2D eigenvalue weighted by molar-refractivity contribution is 0.356. The van der Waals surface area contributed by atoms with E-state index < -0.39 is 0 Å². The molecule has 0 amide bonds. The van der Waals surface area contributed by atoms with E-state index in [1.54, 1.807) is 0 Å². The zero-order valence-electron chi connectivity index (χ0n) is 9.63. The first-order valence-corrected chi connectivity index (χ1v) is 6.15. The van der Waals surface area contributed by atoms with Crippen molar-refractivity contribution < 1.29 is 0 Å². The third-order valence-electron chi connectivity index (χ3n) is 3.49. The highest BCUT2D eigenvalue weighted by Gasteiger charge is 2.13. The van der Waals surface area contributed by atoms with Crippen LogP contribution in [0, 0.1) is 5.92 Å². The summed E-state index contributed by atoms with van der Waals surface area (Å²) < 4.78 is 0. The fourth-order valence-electron chi connectivity index (χ4n) is 2.53. The van der Waals surface area contributed by atoms with Crippen LogP contribution in [0.15, 0.2) is 24.3 Å². The molecule has 2 rings (SSSR count). The molecular formula is C14H21N. The van der Waals surface area contributed by atoms with Crippen LogP contribution in [-0.2, 0) is 6.42 Å². The van der Waals surface area contributed by atoms with Gasteiger partial charge < -0.3 is 5.32 Å². The molecule has 0 heterocycles. The van der Waals surface area contributed by atoms with Crippen LogP contribution < -0.4 is 5.32 Å². The monoisotopic (exact) mass is 203 g/mol. The van der Waals surface area contributed by atoms with Crippen molar-refractivity contribution in [2.75, 3.05) is 12.4 Å². The van der Waals surface area contributed by atoms with Crippen LogP contribution in [0.5, 0.6) is 0 Å². The first-order valence-electron chi connectivity index (χ1n) is 6.15. The van der Waals surface area contributed by atoms with Crippen molar-refractivity contribution in [3.05, 3.63) is 29.8 Å². The van der Waals surface area contributed by atoms with Gasteiger partial charge in [0, 0.05) is 12.7 Å². The lowest BCUT2D eigenvalue weighted by atomic mass is 9.85. The largest absolute Gasteiger partial charge is 0.388 e. The lowest BCUT2D eigenvalue weighted by Crippen LogP contribution is -2.09. The Labute approximate surface area is 92.9 Å². The molecule has 1 aliphatic rings. The maximum atomic E-state index is 3.16. The summed E-state index contributed by atoms with van der Waals surface area (Å²) in [5, 5.41) is 3.16. The third-order valence-corrected chi connectivity index (χ3v) is 3.49. The van der Waals surface area contributed by atoms with Crippen molar-refractivity contribution in [1.29, 1.82) is 0 Å². The zero-order chi connectivity index (χ0) is 10.5. The summed E-state index contributed by atoms with van der Waals surface area (Å²) in [6.07, 6.45) is 8.50. The molecule has 1 aromatic rings. The van der Waals surface area contributed by atoms with Gasteiger partial charge in [-0.3, -0.25) is 0 Å². The highest BCUT2D eigenvalue weighted by Crippen LogP contribution is 2.27. The first kappa shape index (κ1) is 10.5. The molecular weight excluding hydrogens is 182 g/mol. The number of nitrogens with one attached hydrogen (secondary N) is 1. The predicted octanol–water partition coefficient (Wildman–Crippen LogP) is 3.85. The summed E-state index contributed by atoms with van der Waals surface area (Å²) in [5.74, 6) is 0.944. The second-order valence-corrected chi connectivity index (χ2v) is 4.66. The molecule has 0 atom stereocenters. The SMILES string of the molecule is CNc1ccc(CC2CCCCC2)cc1. The molecule has 1 nitrogen and oxygen atoms in total. The Kier molecular flexibility index (Phi) is 3.65. The zero-order valence-corrected chi connectivity index (χ0v) is 9.63. The van der Waals surface area contributed by atoms with Gasteiger partial charge in [-0.05, 0) is 30.0 Å². The number of benzene rings is 1. The van der Waals surface area contributed by atoms with Crippen LogP contribution in [0.4, 0.5) is 5.69 Å². The van der Waals surface area contributed by atoms with Gasteiger partial charge in [-0.15, -0.1) is 0 Å². The standard InChI is InChI=1S/C14H21N/c1-15-14-9-7-13(8-10-14)11-12-5-3-2-4-6-12/h7-10,12,15H,2-6,11H2,1H3. The summed E-state index contributed by atoms with van der Waals surface area (Å²) in [5.41, 5.74) is 2.71. The van der Waals surface area contributed by atoms with Crippen molar-refractivity contribution >= 4 is 5.69 Å². The smallest absolute Gasteiger partial charge is 0.0337 e. The third kappa shape index (κ3) is 2.98. The molecule has 1 aliphatic carbocycles. The Bertz CT molecular complexity index is 283. The van der Waals surface area contributed by atoms with Crippen LogP contribution in [0.2, 0.25) is 0 Å². The summed E-state index contributed by atoms with van der Waals surface area (Å²) in [6.45, 7) is 0. The molecule has 0 aliphatic heterocycles. The molecule has 1 saturated carbocycles. The van der Waals surface area contributed by atoms with E-state index in [0.717, 1.165) is 5.92 Å². The van der Waals surface area contributed by atoms with Crippen LogP contribution in [0.25, 0.3) is 0 Å². The highest BCUT2D eigenvalue weighted by molar-refractivity contribution is 5.43. The van der Waals surface area contributed by atoms with Crippen LogP contribution in [0.1, 0.15) is 37.7 Å². The predicted molar refractivity (Wildman–Crippen MR) is 66.3 cm³/mol. The number of hydrogen-bond acceptors (Lipinski definition) is 1. The van der Waals surface area contributed by atoms with Gasteiger partial charge in [0.25, 0.3) is 0 Å². The molecule has 0 aromatic heterocycles. The van der Waals surface area contributed by atoms with Gasteiger partial charge in [-0.2, -0.15) is 0 Å². The van der Waals surface area contributed by atoms with E-state index >= 15 is 0 Å². The molecule has 0 radical (unpaired) electrons. The maximum absolute atomic E-state index is 3.16. The van der Waals surface area contributed by atoms with E-state index in [4.69, 9.17) is 0 Å². The van der Waals surface area contributed by atoms with Crippen molar-refractivity contribution in [2.24, 2.45) is 5.92 Å². The van der Waals surface area contributed by atoms with Crippen molar-refractivity contribution in [3.63, 3.8) is 0 Å². The average molecular weight is 203 g/mol. The second kappa shape index (κ2) is 5.20. The molecule has 1 N–H and O–H groups in total. The Balaban J connectivity index is 1.91. The van der Waals surface area contributed by atoms with Crippen molar-refractivity contribution in [3.8, 4) is 0 Å². The Morgan fingerprint density at radius 3 is 2.33 bits per heavy atom. The summed E-state index contributed by atoms with van der Waals surface area (Å²) in [7, 11) is 1.97. The highest BCUT2D eigenvalue weighted by atomic mass is 14.8. The van der Waals surface area contributed by atoms with E-state index in [1.807, 2.05) is 7.05 Å². The van der Waals surface area contributed by atoms with E-state index in [0.29, 0.717) is 0 Å². The normalized spacial score (nSPS) is 17.7. The van der Waals surface area contributed by atoms with Crippen molar-refractivity contribution in [1.82, 2.24) is 0 Å². The van der Waals surface area contributed by atoms with Crippen LogP contribution in [0.3, 0.4) is 0 Å². The fourth-order valence-corrected chi connectivity index (χ4v) is 2.53. The Morgan fingerprint density at radius 2 is 1.73 bits per heavy atom. The van der Waals surface area contributed by atoms with Crippen LogP contribution >= 0.6 is 0 Å². The number of rotatable bonds is 3. The molecule has 0 saturated heterocycles. The minimum Gasteiger partial charge on any atom is -0.388 e. The quantitative estimate of drug-likeness (QED) is 0.786. The number of anilines is 1. The number of hydrogen-bond donors (Lipinski definition) is 1. The summed E-state index contributed by atoms with van der Waals surface area (Å²) in [6, 6.07) is 8.89. The molecule has 0 unspecified atom stereocenters. The van der Waals surface area contributed by atoms with Gasteiger partial charge in [-0.1, -0.05) is 44.2 Å². The maximum Gasteiger partial charge on any atom is 0.0337 e. The molecule has 1 heteroatoms. The minimum absolute atomic E-state index is 0.944. The topological polar surface area (TPSA) is 12.0 Å². The molecule has 0 bridgehead atoms. The Morgan fingerprint density at radius 1 is 1.07 bits per heavy atom. The van der Waals surface area contributed by atoms with E-state index in [9.17, 15) is 0 Å². The van der Waals surface area contributed by atoms with Crippen molar-refractivity contribution in [2.45, 2.75) is 38.5 Å². The molecule has 15 heavy (non-hydrogen) atoms. The molecule has 82 valence electrons. The van der Waals surface area contributed by atoms with Gasteiger partial charge in [0.15, 0.2) is 0 Å². The minimum atomic E-state index is 0.944. The van der Waals surface area contributed by atoms with Gasteiger partial charge in [0.05, 0.1) is 0 Å². The Hall–Kier alpha value is -0.980. The first-order chi connectivity index (χ1) is 7.38. The lowest BCUT2D eigenvalue weighted by Gasteiger charge is -2.21. The average Bonchev–Trinajstić information content (AvgIpc) is 2.31. The molecule has 0 spiro atoms. The summed E-state index contributed by atoms with van der Waals surface area (Å²) >= 11 is 0. The van der Waals surface area contributed by atoms with Gasteiger partial charge in [0.1, 0.15) is 0 Å². The van der Waals surface area contributed by atoms with Gasteiger partial charge in [0.2, 0.25) is 0 Å². The fraction of sp³-hybridized carbons (Fsp3) is 0.571.